The molecule has 0 spiro atoms. The third-order valence-corrected chi connectivity index (χ3v) is 2.01. The fraction of sp³-hybridized carbons (Fsp3) is 0.100. The second-order valence-electron chi connectivity index (χ2n) is 3.01. The monoisotopic (exact) mass is 259 g/mol. The summed E-state index contributed by atoms with van der Waals surface area (Å²) in [4.78, 5) is 19.0. The minimum atomic E-state index is -0.598. The van der Waals surface area contributed by atoms with E-state index < -0.39 is 5.91 Å². The normalized spacial score (nSPS) is 9.06. The van der Waals surface area contributed by atoms with Crippen LogP contribution in [0.5, 0.6) is 0 Å². The summed E-state index contributed by atoms with van der Waals surface area (Å²) >= 11 is 0. The summed E-state index contributed by atoms with van der Waals surface area (Å²) < 4.78 is 0. The van der Waals surface area contributed by atoms with E-state index in [2.05, 4.69) is 9.97 Å². The van der Waals surface area contributed by atoms with Gasteiger partial charge in [-0.15, -0.1) is 24.8 Å². The van der Waals surface area contributed by atoms with Gasteiger partial charge in [-0.25, -0.2) is 9.97 Å². The van der Waals surface area contributed by atoms with Crippen molar-refractivity contribution in [3.05, 3.63) is 35.8 Å². The van der Waals surface area contributed by atoms with Gasteiger partial charge in [-0.2, -0.15) is 0 Å². The number of aryl methyl sites for hydroxylation is 1. The highest BCUT2D eigenvalue weighted by Gasteiger charge is 2.07. The molecule has 1 heterocycles. The largest absolute Gasteiger partial charge is 0.363 e. The molecular weight excluding hydrogens is 249 g/mol. The van der Waals surface area contributed by atoms with Crippen molar-refractivity contribution in [3.63, 3.8) is 0 Å². The Bertz CT molecular complexity index is 516. The molecule has 16 heavy (non-hydrogen) atoms. The Hall–Kier alpha value is -1.39. The Morgan fingerprint density at radius 3 is 2.44 bits per heavy atom. The number of fused-ring (bicyclic) bond motifs is 1. The number of carbonyl (C=O) groups excluding carboxylic acids is 1. The zero-order chi connectivity index (χ0) is 10.1. The van der Waals surface area contributed by atoms with Gasteiger partial charge in [-0.05, 0) is 13.0 Å². The van der Waals surface area contributed by atoms with Gasteiger partial charge in [-0.1, -0.05) is 18.2 Å². The molecule has 0 saturated heterocycles. The van der Waals surface area contributed by atoms with Crippen LogP contribution in [0.3, 0.4) is 0 Å². The zero-order valence-electron chi connectivity index (χ0n) is 8.51. The second kappa shape index (κ2) is 5.63. The van der Waals surface area contributed by atoms with Crippen molar-refractivity contribution in [1.82, 2.24) is 9.97 Å². The topological polar surface area (TPSA) is 68.9 Å². The van der Waals surface area contributed by atoms with Gasteiger partial charge < -0.3 is 5.73 Å². The Balaban J connectivity index is 0.00000112. The highest BCUT2D eigenvalue weighted by atomic mass is 35.5. The van der Waals surface area contributed by atoms with Crippen LogP contribution in [0.25, 0.3) is 10.9 Å². The quantitative estimate of drug-likeness (QED) is 0.851. The molecule has 0 aliphatic carbocycles. The number of hydrogen-bond acceptors (Lipinski definition) is 3. The molecule has 0 saturated carbocycles. The van der Waals surface area contributed by atoms with Gasteiger partial charge in [0, 0.05) is 11.1 Å². The van der Waals surface area contributed by atoms with Crippen LogP contribution in [0.2, 0.25) is 0 Å². The molecular formula is C10H11Cl2N3O. The number of halogens is 2. The molecule has 4 nitrogen and oxygen atoms in total. The summed E-state index contributed by atoms with van der Waals surface area (Å²) in [5.41, 5.74) is 6.62. The standard InChI is InChI=1S/C10H9N3O.2ClH/c1-6-7-4-2-3-5-8(7)13-10(12-6)9(11)14;;/h2-5H,1H3,(H2,11,14);2*1H. The van der Waals surface area contributed by atoms with Crippen molar-refractivity contribution >= 4 is 41.6 Å². The van der Waals surface area contributed by atoms with E-state index in [4.69, 9.17) is 5.73 Å². The Kier molecular flexibility index (Phi) is 5.14. The van der Waals surface area contributed by atoms with E-state index >= 15 is 0 Å². The van der Waals surface area contributed by atoms with Crippen LogP contribution in [-0.4, -0.2) is 15.9 Å². The predicted octanol–water partition coefficient (Wildman–Crippen LogP) is 1.88. The summed E-state index contributed by atoms with van der Waals surface area (Å²) in [5, 5.41) is 0.942. The van der Waals surface area contributed by atoms with E-state index in [1.807, 2.05) is 31.2 Å². The first-order chi connectivity index (χ1) is 6.68. The average Bonchev–Trinajstić information content (AvgIpc) is 2.17. The van der Waals surface area contributed by atoms with Crippen molar-refractivity contribution in [2.24, 2.45) is 5.73 Å². The van der Waals surface area contributed by atoms with Gasteiger partial charge in [-0.3, -0.25) is 4.79 Å². The van der Waals surface area contributed by atoms with Crippen molar-refractivity contribution in [1.29, 1.82) is 0 Å². The number of primary amides is 1. The lowest BCUT2D eigenvalue weighted by molar-refractivity contribution is 0.0990. The highest BCUT2D eigenvalue weighted by molar-refractivity contribution is 5.92. The molecule has 1 aromatic heterocycles. The molecule has 0 aliphatic heterocycles. The van der Waals surface area contributed by atoms with E-state index in [0.717, 1.165) is 16.6 Å². The van der Waals surface area contributed by atoms with Gasteiger partial charge >= 0.3 is 0 Å². The first-order valence-corrected chi connectivity index (χ1v) is 4.21. The lowest BCUT2D eigenvalue weighted by Gasteiger charge is -2.01. The number of carbonyl (C=O) groups is 1. The summed E-state index contributed by atoms with van der Waals surface area (Å²) in [6.45, 7) is 1.83. The molecule has 1 aromatic carbocycles. The van der Waals surface area contributed by atoms with Gasteiger partial charge in [0.25, 0.3) is 5.91 Å². The average molecular weight is 260 g/mol. The lowest BCUT2D eigenvalue weighted by Crippen LogP contribution is -2.15. The molecule has 6 heteroatoms. The van der Waals surface area contributed by atoms with Crippen LogP contribution in [0.15, 0.2) is 24.3 Å². The van der Waals surface area contributed by atoms with Crippen molar-refractivity contribution in [3.8, 4) is 0 Å². The van der Waals surface area contributed by atoms with Crippen molar-refractivity contribution in [2.45, 2.75) is 6.92 Å². The van der Waals surface area contributed by atoms with Crippen LogP contribution >= 0.6 is 24.8 Å². The van der Waals surface area contributed by atoms with Gasteiger partial charge in [0.1, 0.15) is 0 Å². The Morgan fingerprint density at radius 2 is 1.81 bits per heavy atom. The molecule has 2 aromatic rings. The molecule has 86 valence electrons. The van der Waals surface area contributed by atoms with E-state index in [1.165, 1.54) is 0 Å². The summed E-state index contributed by atoms with van der Waals surface area (Å²) in [5.74, 6) is -0.528. The number of nitrogens with zero attached hydrogens (tertiary/aromatic N) is 2. The number of amides is 1. The van der Waals surface area contributed by atoms with E-state index in [1.54, 1.807) is 0 Å². The molecule has 0 unspecified atom stereocenters. The van der Waals surface area contributed by atoms with E-state index in [9.17, 15) is 4.79 Å². The molecule has 1 amide bonds. The Morgan fingerprint density at radius 1 is 1.19 bits per heavy atom. The molecule has 0 fully saturated rings. The summed E-state index contributed by atoms with van der Waals surface area (Å²) in [6, 6.07) is 7.51. The van der Waals surface area contributed by atoms with Crippen LogP contribution in [0.1, 0.15) is 16.3 Å². The first kappa shape index (κ1) is 14.6. The first-order valence-electron chi connectivity index (χ1n) is 4.21. The SMILES string of the molecule is Cc1nc(C(N)=O)nc2ccccc12.Cl.Cl. The van der Waals surface area contributed by atoms with Crippen LogP contribution in [0.4, 0.5) is 0 Å². The van der Waals surface area contributed by atoms with Gasteiger partial charge in [0.2, 0.25) is 5.82 Å². The fourth-order valence-electron chi connectivity index (χ4n) is 1.35. The summed E-state index contributed by atoms with van der Waals surface area (Å²) in [6.07, 6.45) is 0. The summed E-state index contributed by atoms with van der Waals surface area (Å²) in [7, 11) is 0. The lowest BCUT2D eigenvalue weighted by atomic mass is 10.2. The predicted molar refractivity (Wildman–Crippen MR) is 67.3 cm³/mol. The number of hydrogen-bond donors (Lipinski definition) is 1. The minimum absolute atomic E-state index is 0. The van der Waals surface area contributed by atoms with Gasteiger partial charge in [0.15, 0.2) is 0 Å². The third-order valence-electron chi connectivity index (χ3n) is 2.01. The maximum absolute atomic E-state index is 10.9. The van der Waals surface area contributed by atoms with E-state index in [0.29, 0.717) is 0 Å². The van der Waals surface area contributed by atoms with Crippen LogP contribution in [0, 0.1) is 6.92 Å². The number of para-hydroxylation sites is 1. The number of rotatable bonds is 1. The molecule has 0 atom stereocenters. The van der Waals surface area contributed by atoms with E-state index in [-0.39, 0.29) is 30.6 Å². The Labute approximate surface area is 105 Å². The van der Waals surface area contributed by atoms with Crippen molar-refractivity contribution < 1.29 is 4.79 Å². The second-order valence-corrected chi connectivity index (χ2v) is 3.01. The number of benzene rings is 1. The number of aromatic nitrogens is 2. The molecule has 2 rings (SSSR count). The van der Waals surface area contributed by atoms with Crippen LogP contribution in [-0.2, 0) is 0 Å². The smallest absolute Gasteiger partial charge is 0.286 e. The molecule has 0 aliphatic rings. The molecule has 2 N–H and O–H groups in total. The zero-order valence-corrected chi connectivity index (χ0v) is 10.1. The fourth-order valence-corrected chi connectivity index (χ4v) is 1.35. The maximum Gasteiger partial charge on any atom is 0.286 e. The number of nitrogens with two attached hydrogens (primary N) is 1. The van der Waals surface area contributed by atoms with Crippen LogP contribution < -0.4 is 5.73 Å². The molecule has 0 bridgehead atoms. The van der Waals surface area contributed by atoms with Crippen molar-refractivity contribution in [2.75, 3.05) is 0 Å². The highest BCUT2D eigenvalue weighted by Crippen LogP contribution is 2.13. The third kappa shape index (κ3) is 2.59. The minimum Gasteiger partial charge on any atom is -0.363 e. The van der Waals surface area contributed by atoms with Gasteiger partial charge in [0.05, 0.1) is 5.52 Å². The molecule has 0 radical (unpaired) electrons. The maximum atomic E-state index is 10.9.